The van der Waals surface area contributed by atoms with Crippen molar-refractivity contribution in [3.63, 3.8) is 0 Å². The minimum Gasteiger partial charge on any atom is -0.444 e. The van der Waals surface area contributed by atoms with Crippen molar-refractivity contribution in [2.24, 2.45) is 0 Å². The van der Waals surface area contributed by atoms with Gasteiger partial charge < -0.3 is 9.47 Å². The van der Waals surface area contributed by atoms with E-state index in [0.717, 1.165) is 0 Å². The van der Waals surface area contributed by atoms with Crippen molar-refractivity contribution in [2.75, 3.05) is 26.3 Å². The number of rotatable bonds is 4. The molecule has 1 atom stereocenters. The number of carbonyl (C=O) groups is 1. The third-order valence-corrected chi connectivity index (χ3v) is 5.82. The zero-order chi connectivity index (χ0) is 17.0. The van der Waals surface area contributed by atoms with Crippen molar-refractivity contribution in [2.45, 2.75) is 17.9 Å². The average molecular weight is 403 g/mol. The molecule has 1 heterocycles. The summed E-state index contributed by atoms with van der Waals surface area (Å²) in [5.41, 5.74) is 0.0569. The third-order valence-electron chi connectivity index (χ3n) is 3.23. The Morgan fingerprint density at radius 2 is 2.09 bits per heavy atom. The first-order valence-corrected chi connectivity index (χ1v) is 9.07. The maximum Gasteiger partial charge on any atom is 0.340 e. The van der Waals surface area contributed by atoms with Gasteiger partial charge in [-0.2, -0.15) is 9.57 Å². The van der Waals surface area contributed by atoms with Crippen LogP contribution < -0.4 is 0 Å². The van der Waals surface area contributed by atoms with Crippen LogP contribution in [0.4, 0.5) is 0 Å². The smallest absolute Gasteiger partial charge is 0.340 e. The van der Waals surface area contributed by atoms with E-state index in [0.29, 0.717) is 17.7 Å². The summed E-state index contributed by atoms with van der Waals surface area (Å²) in [6, 6.07) is 5.92. The Bertz CT molecular complexity index is 738. The van der Waals surface area contributed by atoms with Crippen LogP contribution in [0.2, 0.25) is 0 Å². The lowest BCUT2D eigenvalue weighted by atomic mass is 10.2. The van der Waals surface area contributed by atoms with Gasteiger partial charge in [0.25, 0.3) is 0 Å². The fourth-order valence-electron chi connectivity index (χ4n) is 2.01. The van der Waals surface area contributed by atoms with Crippen molar-refractivity contribution in [3.05, 3.63) is 28.2 Å². The topological polar surface area (TPSA) is 96.7 Å². The highest BCUT2D eigenvalue weighted by molar-refractivity contribution is 9.10. The molecule has 0 aliphatic carbocycles. The van der Waals surface area contributed by atoms with E-state index in [1.54, 1.807) is 6.07 Å². The standard InChI is InChI=1S/C14H15BrN2O5S/c1-10(9-16)22-14(18)12-8-11(2-3-13(12)15)23(19,20)17-4-6-21-7-5-17/h2-3,8,10H,4-7H2,1H3/t10-/m1/s1. The Labute approximate surface area is 143 Å². The van der Waals surface area contributed by atoms with Crippen LogP contribution in [0.25, 0.3) is 0 Å². The highest BCUT2D eigenvalue weighted by atomic mass is 79.9. The molecule has 23 heavy (non-hydrogen) atoms. The molecule has 124 valence electrons. The number of benzene rings is 1. The molecule has 0 unspecified atom stereocenters. The number of hydrogen-bond acceptors (Lipinski definition) is 6. The van der Waals surface area contributed by atoms with E-state index < -0.39 is 22.1 Å². The summed E-state index contributed by atoms with van der Waals surface area (Å²) < 4.78 is 37.0. The predicted molar refractivity (Wildman–Crippen MR) is 84.2 cm³/mol. The number of halogens is 1. The van der Waals surface area contributed by atoms with Crippen LogP contribution >= 0.6 is 15.9 Å². The molecule has 1 saturated heterocycles. The first-order chi connectivity index (χ1) is 10.9. The molecule has 1 aliphatic heterocycles. The molecule has 1 aliphatic rings. The first kappa shape index (κ1) is 17.9. The van der Waals surface area contributed by atoms with Gasteiger partial charge in [-0.3, -0.25) is 0 Å². The second-order valence-corrected chi connectivity index (χ2v) is 7.63. The molecular weight excluding hydrogens is 388 g/mol. The number of hydrogen-bond donors (Lipinski definition) is 0. The minimum atomic E-state index is -3.71. The van der Waals surface area contributed by atoms with E-state index in [9.17, 15) is 13.2 Å². The summed E-state index contributed by atoms with van der Waals surface area (Å²) >= 11 is 3.19. The Morgan fingerprint density at radius 1 is 1.43 bits per heavy atom. The lowest BCUT2D eigenvalue weighted by molar-refractivity contribution is 0.0434. The van der Waals surface area contributed by atoms with Crippen molar-refractivity contribution in [1.82, 2.24) is 4.31 Å². The van der Waals surface area contributed by atoms with Gasteiger partial charge in [0.15, 0.2) is 6.10 Å². The van der Waals surface area contributed by atoms with E-state index in [1.165, 1.54) is 29.4 Å². The number of nitrogens with zero attached hydrogens (tertiary/aromatic N) is 2. The number of carbonyl (C=O) groups excluding carboxylic acids is 1. The van der Waals surface area contributed by atoms with Crippen molar-refractivity contribution < 1.29 is 22.7 Å². The summed E-state index contributed by atoms with van der Waals surface area (Å²) in [6.07, 6.45) is -0.922. The molecule has 1 aromatic rings. The number of sulfonamides is 1. The number of ether oxygens (including phenoxy) is 2. The maximum atomic E-state index is 12.6. The second-order valence-electron chi connectivity index (χ2n) is 4.83. The molecule has 1 aromatic carbocycles. The molecule has 0 aromatic heterocycles. The molecule has 1 fully saturated rings. The van der Waals surface area contributed by atoms with Crippen molar-refractivity contribution in [1.29, 1.82) is 5.26 Å². The lowest BCUT2D eigenvalue weighted by Gasteiger charge is -2.26. The van der Waals surface area contributed by atoms with Crippen LogP contribution in [0, 0.1) is 11.3 Å². The fourth-order valence-corrected chi connectivity index (χ4v) is 3.85. The molecule has 9 heteroatoms. The Hall–Kier alpha value is -1.47. The summed E-state index contributed by atoms with van der Waals surface area (Å²) in [7, 11) is -3.71. The van der Waals surface area contributed by atoms with Crippen molar-refractivity contribution >= 4 is 31.9 Å². The molecule has 2 rings (SSSR count). The number of esters is 1. The van der Waals surface area contributed by atoms with Crippen LogP contribution in [0.1, 0.15) is 17.3 Å². The molecule has 0 saturated carbocycles. The van der Waals surface area contributed by atoms with E-state index in [4.69, 9.17) is 14.7 Å². The van der Waals surface area contributed by atoms with Crippen LogP contribution in [0.3, 0.4) is 0 Å². The normalized spacial score (nSPS) is 17.3. The van der Waals surface area contributed by atoms with Gasteiger partial charge in [-0.1, -0.05) is 0 Å². The van der Waals surface area contributed by atoms with E-state index in [2.05, 4.69) is 15.9 Å². The fraction of sp³-hybridized carbons (Fsp3) is 0.429. The number of nitriles is 1. The van der Waals surface area contributed by atoms with Gasteiger partial charge in [-0.05, 0) is 41.1 Å². The molecule has 7 nitrogen and oxygen atoms in total. The van der Waals surface area contributed by atoms with Crippen molar-refractivity contribution in [3.8, 4) is 6.07 Å². The molecule has 0 radical (unpaired) electrons. The van der Waals surface area contributed by atoms with Crippen LogP contribution in [-0.2, 0) is 19.5 Å². The summed E-state index contributed by atoms with van der Waals surface area (Å²) in [4.78, 5) is 12.1. The summed E-state index contributed by atoms with van der Waals surface area (Å²) in [5, 5.41) is 8.70. The van der Waals surface area contributed by atoms with E-state index in [1.807, 2.05) is 0 Å². The SMILES string of the molecule is C[C@H](C#N)OC(=O)c1cc(S(=O)(=O)N2CCOCC2)ccc1Br. The Kier molecular flexibility index (Phi) is 5.75. The number of morpholine rings is 1. The zero-order valence-electron chi connectivity index (χ0n) is 12.4. The zero-order valence-corrected chi connectivity index (χ0v) is 14.8. The van der Waals surface area contributed by atoms with Gasteiger partial charge in [-0.25, -0.2) is 13.2 Å². The van der Waals surface area contributed by atoms with Crippen LogP contribution in [0.5, 0.6) is 0 Å². The first-order valence-electron chi connectivity index (χ1n) is 6.84. The summed E-state index contributed by atoms with van der Waals surface area (Å²) in [6.45, 7) is 2.64. The van der Waals surface area contributed by atoms with Gasteiger partial charge in [0.1, 0.15) is 6.07 Å². The molecule has 0 spiro atoms. The van der Waals surface area contributed by atoms with Gasteiger partial charge in [0, 0.05) is 17.6 Å². The van der Waals surface area contributed by atoms with Gasteiger partial charge in [0.05, 0.1) is 23.7 Å². The largest absolute Gasteiger partial charge is 0.444 e. The molecule has 0 bridgehead atoms. The molecule has 0 amide bonds. The maximum absolute atomic E-state index is 12.6. The van der Waals surface area contributed by atoms with Gasteiger partial charge >= 0.3 is 5.97 Å². The van der Waals surface area contributed by atoms with Crippen LogP contribution in [-0.4, -0.2) is 51.1 Å². The average Bonchev–Trinajstić information content (AvgIpc) is 2.55. The minimum absolute atomic E-state index is 0.000777. The van der Waals surface area contributed by atoms with Crippen LogP contribution in [0.15, 0.2) is 27.6 Å². The predicted octanol–water partition coefficient (Wildman–Crippen LogP) is 1.54. The monoisotopic (exact) mass is 402 g/mol. The Balaban J connectivity index is 2.33. The highest BCUT2D eigenvalue weighted by Crippen LogP contribution is 2.25. The quantitative estimate of drug-likeness (QED) is 0.708. The lowest BCUT2D eigenvalue weighted by Crippen LogP contribution is -2.40. The summed E-state index contributed by atoms with van der Waals surface area (Å²) in [5.74, 6) is -0.759. The molecule has 0 N–H and O–H groups in total. The van der Waals surface area contributed by atoms with Gasteiger partial charge in [-0.15, -0.1) is 0 Å². The van der Waals surface area contributed by atoms with Gasteiger partial charge in [0.2, 0.25) is 10.0 Å². The van der Waals surface area contributed by atoms with E-state index in [-0.39, 0.29) is 23.5 Å². The second kappa shape index (κ2) is 7.40. The highest BCUT2D eigenvalue weighted by Gasteiger charge is 2.28. The third kappa shape index (κ3) is 4.09. The molecular formula is C14H15BrN2O5S. The Morgan fingerprint density at radius 3 is 2.70 bits per heavy atom. The van der Waals surface area contributed by atoms with E-state index >= 15 is 0 Å².